The molecule has 0 aromatic heterocycles. The Morgan fingerprint density at radius 1 is 1.42 bits per heavy atom. The van der Waals surface area contributed by atoms with E-state index in [1.54, 1.807) is 0 Å². The second-order valence-corrected chi connectivity index (χ2v) is 6.30. The van der Waals surface area contributed by atoms with Crippen molar-refractivity contribution in [2.24, 2.45) is 5.73 Å². The summed E-state index contributed by atoms with van der Waals surface area (Å²) in [6, 6.07) is 6.56. The first-order chi connectivity index (χ1) is 11.4. The lowest BCUT2D eigenvalue weighted by atomic mass is 9.69. The van der Waals surface area contributed by atoms with Crippen LogP contribution in [0, 0.1) is 0 Å². The highest BCUT2D eigenvalue weighted by Gasteiger charge is 2.53. The van der Waals surface area contributed by atoms with E-state index in [9.17, 15) is 14.4 Å². The SMILES string of the molecule is N[C@@H](CCC(=O)O)C(=O)O[C@@H]1CCC[C@]2(Nc3ccccc32)C1=O. The molecule has 1 heterocycles. The van der Waals surface area contributed by atoms with Crippen LogP contribution in [0.1, 0.15) is 37.7 Å². The zero-order valence-corrected chi connectivity index (χ0v) is 13.2. The summed E-state index contributed by atoms with van der Waals surface area (Å²) >= 11 is 0. The largest absolute Gasteiger partial charge is 0.481 e. The highest BCUT2D eigenvalue weighted by atomic mass is 16.5. The molecule has 1 aliphatic carbocycles. The van der Waals surface area contributed by atoms with Crippen LogP contribution >= 0.6 is 0 Å². The van der Waals surface area contributed by atoms with Crippen LogP contribution in [0.5, 0.6) is 0 Å². The highest BCUT2D eigenvalue weighted by Crippen LogP contribution is 2.48. The molecule has 0 amide bonds. The van der Waals surface area contributed by atoms with Gasteiger partial charge in [0.1, 0.15) is 11.6 Å². The summed E-state index contributed by atoms with van der Waals surface area (Å²) in [4.78, 5) is 35.4. The van der Waals surface area contributed by atoms with Gasteiger partial charge in [-0.3, -0.25) is 14.4 Å². The Balaban J connectivity index is 1.67. The van der Waals surface area contributed by atoms with Crippen LogP contribution in [0.15, 0.2) is 24.3 Å². The summed E-state index contributed by atoms with van der Waals surface area (Å²) in [5.74, 6) is -1.91. The molecule has 2 aliphatic rings. The molecule has 3 atom stereocenters. The smallest absolute Gasteiger partial charge is 0.323 e. The highest BCUT2D eigenvalue weighted by molar-refractivity contribution is 6.02. The average Bonchev–Trinajstić information content (AvgIpc) is 2.54. The maximum absolute atomic E-state index is 12.8. The van der Waals surface area contributed by atoms with Crippen LogP contribution in [0.3, 0.4) is 0 Å². The van der Waals surface area contributed by atoms with Gasteiger partial charge in [0.25, 0.3) is 0 Å². The number of nitrogens with one attached hydrogen (secondary N) is 1. The first-order valence-electron chi connectivity index (χ1n) is 8.04. The van der Waals surface area contributed by atoms with E-state index in [2.05, 4.69) is 5.32 Å². The molecule has 0 bridgehead atoms. The fraction of sp³-hybridized carbons (Fsp3) is 0.471. The first kappa shape index (κ1) is 16.4. The Morgan fingerprint density at radius 3 is 2.88 bits per heavy atom. The predicted molar refractivity (Wildman–Crippen MR) is 85.3 cm³/mol. The second kappa shape index (κ2) is 6.24. The number of ether oxygens (including phenoxy) is 1. The van der Waals surface area contributed by atoms with Gasteiger partial charge in [0.05, 0.1) is 0 Å². The van der Waals surface area contributed by atoms with Crippen molar-refractivity contribution in [3.05, 3.63) is 29.8 Å². The van der Waals surface area contributed by atoms with Gasteiger partial charge in [0.15, 0.2) is 6.10 Å². The summed E-state index contributed by atoms with van der Waals surface area (Å²) in [6.07, 6.45) is 0.803. The number of Topliss-reactive ketones (excluding diaryl/α,β-unsaturated/α-hetero) is 1. The lowest BCUT2D eigenvalue weighted by molar-refractivity contribution is -0.160. The zero-order chi connectivity index (χ0) is 17.3. The van der Waals surface area contributed by atoms with E-state index < -0.39 is 29.6 Å². The minimum atomic E-state index is -1.03. The Labute approximate surface area is 139 Å². The molecular weight excluding hydrogens is 312 g/mol. The van der Waals surface area contributed by atoms with E-state index in [0.29, 0.717) is 12.8 Å². The van der Waals surface area contributed by atoms with Crippen LogP contribution in [0.2, 0.25) is 0 Å². The Hall–Kier alpha value is -2.41. The van der Waals surface area contributed by atoms with E-state index in [-0.39, 0.29) is 18.6 Å². The van der Waals surface area contributed by atoms with E-state index >= 15 is 0 Å². The zero-order valence-electron chi connectivity index (χ0n) is 13.2. The number of para-hydroxylation sites is 1. The normalized spacial score (nSPS) is 26.0. The number of aliphatic carboxylic acids is 1. The van der Waals surface area contributed by atoms with Crippen LogP contribution in [0.25, 0.3) is 0 Å². The van der Waals surface area contributed by atoms with Gasteiger partial charge in [0, 0.05) is 17.7 Å². The summed E-state index contributed by atoms with van der Waals surface area (Å²) < 4.78 is 5.30. The predicted octanol–water partition coefficient (Wildman–Crippen LogP) is 1.16. The number of hydrogen-bond acceptors (Lipinski definition) is 6. The Morgan fingerprint density at radius 2 is 2.17 bits per heavy atom. The lowest BCUT2D eigenvalue weighted by Gasteiger charge is -2.48. The van der Waals surface area contributed by atoms with Crippen molar-refractivity contribution in [1.82, 2.24) is 0 Å². The van der Waals surface area contributed by atoms with Crippen molar-refractivity contribution in [2.75, 3.05) is 5.32 Å². The number of nitrogens with two attached hydrogens (primary N) is 1. The van der Waals surface area contributed by atoms with Crippen molar-refractivity contribution in [3.8, 4) is 0 Å². The summed E-state index contributed by atoms with van der Waals surface area (Å²) in [6.45, 7) is 0. The fourth-order valence-corrected chi connectivity index (χ4v) is 3.41. The van der Waals surface area contributed by atoms with Gasteiger partial charge in [0.2, 0.25) is 5.78 Å². The van der Waals surface area contributed by atoms with Gasteiger partial charge in [-0.15, -0.1) is 0 Å². The van der Waals surface area contributed by atoms with E-state index in [4.69, 9.17) is 15.6 Å². The molecule has 1 aromatic carbocycles. The summed E-state index contributed by atoms with van der Waals surface area (Å²) in [7, 11) is 0. The number of ketones is 1. The Kier molecular flexibility index (Phi) is 4.28. The number of carboxylic acids is 1. The number of carbonyl (C=O) groups is 3. The van der Waals surface area contributed by atoms with Crippen molar-refractivity contribution in [2.45, 2.75) is 49.8 Å². The van der Waals surface area contributed by atoms with Crippen molar-refractivity contribution < 1.29 is 24.2 Å². The molecule has 4 N–H and O–H groups in total. The number of carbonyl (C=O) groups excluding carboxylic acids is 2. The molecule has 3 rings (SSSR count). The quantitative estimate of drug-likeness (QED) is 0.692. The standard InChI is InChI=1S/C17H20N2O5/c18-11(7-8-14(20)21)16(23)24-13-6-3-9-17(15(13)22)10-4-1-2-5-12(10)19-17/h1-2,4-5,11,13,19H,3,6-9,18H2,(H,20,21)/t11-,13+,17+/m0/s1. The van der Waals surface area contributed by atoms with Gasteiger partial charge >= 0.3 is 11.9 Å². The molecule has 7 heteroatoms. The molecule has 1 saturated carbocycles. The van der Waals surface area contributed by atoms with Crippen LogP contribution in [0.4, 0.5) is 5.69 Å². The molecule has 1 fully saturated rings. The van der Waals surface area contributed by atoms with Crippen molar-refractivity contribution >= 4 is 23.4 Å². The molecule has 0 unspecified atom stereocenters. The van der Waals surface area contributed by atoms with Crippen molar-refractivity contribution in [3.63, 3.8) is 0 Å². The second-order valence-electron chi connectivity index (χ2n) is 6.30. The lowest BCUT2D eigenvalue weighted by Crippen LogP contribution is -2.58. The topological polar surface area (TPSA) is 119 Å². The summed E-state index contributed by atoms with van der Waals surface area (Å²) in [5.41, 5.74) is 6.74. The number of hydrogen-bond donors (Lipinski definition) is 3. The van der Waals surface area contributed by atoms with E-state index in [0.717, 1.165) is 17.7 Å². The molecule has 0 radical (unpaired) electrons. The molecule has 0 saturated heterocycles. The van der Waals surface area contributed by atoms with Gasteiger partial charge in [-0.05, 0) is 31.7 Å². The number of rotatable bonds is 5. The summed E-state index contributed by atoms with van der Waals surface area (Å²) in [5, 5.41) is 11.8. The minimum absolute atomic E-state index is 0.0126. The number of fused-ring (bicyclic) bond motifs is 2. The average molecular weight is 332 g/mol. The molecule has 1 aliphatic heterocycles. The van der Waals surface area contributed by atoms with E-state index in [1.165, 1.54) is 0 Å². The van der Waals surface area contributed by atoms with Gasteiger partial charge < -0.3 is 20.9 Å². The number of anilines is 1. The number of carboxylic acid groups (broad SMARTS) is 1. The molecule has 128 valence electrons. The molecule has 24 heavy (non-hydrogen) atoms. The van der Waals surface area contributed by atoms with Gasteiger partial charge in [-0.2, -0.15) is 0 Å². The Bertz CT molecular complexity index is 689. The monoisotopic (exact) mass is 332 g/mol. The maximum Gasteiger partial charge on any atom is 0.323 e. The minimum Gasteiger partial charge on any atom is -0.481 e. The third-order valence-electron chi connectivity index (χ3n) is 4.70. The first-order valence-corrected chi connectivity index (χ1v) is 8.04. The maximum atomic E-state index is 12.8. The van der Waals surface area contributed by atoms with Crippen LogP contribution in [-0.4, -0.2) is 35.0 Å². The molecular formula is C17H20N2O5. The molecule has 7 nitrogen and oxygen atoms in total. The third kappa shape index (κ3) is 2.75. The van der Waals surface area contributed by atoms with Crippen molar-refractivity contribution in [1.29, 1.82) is 0 Å². The number of benzene rings is 1. The van der Waals surface area contributed by atoms with E-state index in [1.807, 2.05) is 24.3 Å². The fourth-order valence-electron chi connectivity index (χ4n) is 3.41. The van der Waals surface area contributed by atoms with Crippen LogP contribution in [-0.2, 0) is 24.7 Å². The van der Waals surface area contributed by atoms with Gasteiger partial charge in [-0.1, -0.05) is 18.2 Å². The van der Waals surface area contributed by atoms with Gasteiger partial charge in [-0.25, -0.2) is 0 Å². The molecule has 1 spiro atoms. The number of esters is 1. The molecule has 1 aromatic rings. The third-order valence-corrected chi connectivity index (χ3v) is 4.70. The van der Waals surface area contributed by atoms with Crippen LogP contribution < -0.4 is 11.1 Å².